The monoisotopic (exact) mass is 325 g/mol. The minimum atomic E-state index is -0.759. The molecule has 0 aliphatic heterocycles. The van der Waals surface area contributed by atoms with Crippen LogP contribution in [0.5, 0.6) is 5.75 Å². The highest BCUT2D eigenvalue weighted by Gasteiger charge is 2.23. The Labute approximate surface area is 133 Å². The van der Waals surface area contributed by atoms with Crippen molar-refractivity contribution in [1.82, 2.24) is 16.2 Å². The van der Waals surface area contributed by atoms with Crippen LogP contribution in [0.1, 0.15) is 20.8 Å². The minimum Gasteiger partial charge on any atom is -0.484 e. The molecule has 0 spiro atoms. The molecule has 0 fully saturated rings. The number of carbonyl (C=O) groups is 3. The number of hydrogen-bond donors (Lipinski definition) is 3. The molecule has 23 heavy (non-hydrogen) atoms. The van der Waals surface area contributed by atoms with Gasteiger partial charge in [-0.2, -0.15) is 0 Å². The number of carbonyl (C=O) groups excluding carboxylic acids is 3. The van der Waals surface area contributed by atoms with E-state index in [1.807, 2.05) is 0 Å². The van der Waals surface area contributed by atoms with Crippen molar-refractivity contribution in [3.63, 3.8) is 0 Å². The Morgan fingerprint density at radius 3 is 2.26 bits per heavy atom. The van der Waals surface area contributed by atoms with Gasteiger partial charge in [0.05, 0.1) is 0 Å². The van der Waals surface area contributed by atoms with E-state index in [0.717, 1.165) is 0 Å². The Kier molecular flexibility index (Phi) is 6.98. The Morgan fingerprint density at radius 1 is 1.13 bits per heavy atom. The molecule has 0 heterocycles. The number of hydrogen-bond acceptors (Lipinski definition) is 4. The van der Waals surface area contributed by atoms with E-state index in [2.05, 4.69) is 16.2 Å². The maximum absolute atomic E-state index is 12.7. The molecule has 0 aromatic heterocycles. The van der Waals surface area contributed by atoms with Gasteiger partial charge in [-0.05, 0) is 30.2 Å². The second-order valence-corrected chi connectivity index (χ2v) is 5.20. The quantitative estimate of drug-likeness (QED) is 0.664. The van der Waals surface area contributed by atoms with Crippen LogP contribution in [0.25, 0.3) is 0 Å². The number of halogens is 1. The molecule has 0 saturated carbocycles. The highest BCUT2D eigenvalue weighted by atomic mass is 19.1. The lowest BCUT2D eigenvalue weighted by molar-refractivity contribution is -0.133. The lowest BCUT2D eigenvalue weighted by Crippen LogP contribution is -2.54. The van der Waals surface area contributed by atoms with Crippen LogP contribution < -0.4 is 20.9 Å². The average Bonchev–Trinajstić information content (AvgIpc) is 2.49. The highest BCUT2D eigenvalue weighted by Crippen LogP contribution is 2.10. The van der Waals surface area contributed by atoms with Crippen LogP contribution in [-0.2, 0) is 14.4 Å². The molecule has 3 amide bonds. The van der Waals surface area contributed by atoms with Crippen LogP contribution in [0.4, 0.5) is 4.39 Å². The first-order valence-electron chi connectivity index (χ1n) is 7.03. The standard InChI is InChI=1S/C15H20FN3O4/c1-9(2)14(17-10(3)20)15(22)19-18-13(21)8-23-12-6-4-11(16)5-7-12/h4-7,9,14H,8H2,1-3H3,(H,17,20)(H,18,21)(H,19,22)/t14-/m1/s1. The van der Waals surface area contributed by atoms with Crippen LogP contribution >= 0.6 is 0 Å². The van der Waals surface area contributed by atoms with Crippen LogP contribution in [0.3, 0.4) is 0 Å². The Bertz CT molecular complexity index is 560. The van der Waals surface area contributed by atoms with Gasteiger partial charge < -0.3 is 10.1 Å². The fourth-order valence-electron chi connectivity index (χ4n) is 1.68. The van der Waals surface area contributed by atoms with Crippen molar-refractivity contribution >= 4 is 17.7 Å². The average molecular weight is 325 g/mol. The number of nitrogens with one attached hydrogen (secondary N) is 3. The van der Waals surface area contributed by atoms with E-state index in [1.165, 1.54) is 31.2 Å². The van der Waals surface area contributed by atoms with Crippen molar-refractivity contribution < 1.29 is 23.5 Å². The maximum Gasteiger partial charge on any atom is 0.276 e. The summed E-state index contributed by atoms with van der Waals surface area (Å²) in [4.78, 5) is 34.6. The Hall–Kier alpha value is -2.64. The van der Waals surface area contributed by atoms with Gasteiger partial charge in [0.15, 0.2) is 6.61 Å². The highest BCUT2D eigenvalue weighted by molar-refractivity contribution is 5.89. The summed E-state index contributed by atoms with van der Waals surface area (Å²) in [6, 6.07) is 4.41. The summed E-state index contributed by atoms with van der Waals surface area (Å²) in [7, 11) is 0. The fourth-order valence-corrected chi connectivity index (χ4v) is 1.68. The third kappa shape index (κ3) is 6.77. The second-order valence-electron chi connectivity index (χ2n) is 5.20. The van der Waals surface area contributed by atoms with E-state index < -0.39 is 23.7 Å². The van der Waals surface area contributed by atoms with Crippen LogP contribution in [0.2, 0.25) is 0 Å². The molecule has 0 unspecified atom stereocenters. The number of hydrazine groups is 1. The fraction of sp³-hybridized carbons (Fsp3) is 0.400. The molecule has 0 saturated heterocycles. The summed E-state index contributed by atoms with van der Waals surface area (Å²) in [5.74, 6) is -1.70. The lowest BCUT2D eigenvalue weighted by atomic mass is 10.0. The van der Waals surface area contributed by atoms with Crippen LogP contribution in [-0.4, -0.2) is 30.4 Å². The van der Waals surface area contributed by atoms with Gasteiger partial charge in [-0.15, -0.1) is 0 Å². The predicted octanol–water partition coefficient (Wildman–Crippen LogP) is 0.513. The zero-order valence-electron chi connectivity index (χ0n) is 13.2. The van der Waals surface area contributed by atoms with Crippen LogP contribution in [0, 0.1) is 11.7 Å². The van der Waals surface area contributed by atoms with Gasteiger partial charge in [0.25, 0.3) is 11.8 Å². The molecule has 7 nitrogen and oxygen atoms in total. The molecule has 0 bridgehead atoms. The molecule has 0 radical (unpaired) electrons. The van der Waals surface area contributed by atoms with Gasteiger partial charge in [-0.1, -0.05) is 13.8 Å². The SMILES string of the molecule is CC(=O)N[C@@H](C(=O)NNC(=O)COc1ccc(F)cc1)C(C)C. The van der Waals surface area contributed by atoms with E-state index in [-0.39, 0.29) is 18.4 Å². The zero-order chi connectivity index (χ0) is 17.4. The summed E-state index contributed by atoms with van der Waals surface area (Å²) < 4.78 is 17.8. The second kappa shape index (κ2) is 8.72. The maximum atomic E-state index is 12.7. The number of benzene rings is 1. The molecule has 0 aliphatic rings. The smallest absolute Gasteiger partial charge is 0.276 e. The lowest BCUT2D eigenvalue weighted by Gasteiger charge is -2.21. The van der Waals surface area contributed by atoms with Crippen molar-refractivity contribution in [1.29, 1.82) is 0 Å². The van der Waals surface area contributed by atoms with Gasteiger partial charge in [0.1, 0.15) is 17.6 Å². The topological polar surface area (TPSA) is 96.5 Å². The summed E-state index contributed by atoms with van der Waals surface area (Å²) in [6.07, 6.45) is 0. The van der Waals surface area contributed by atoms with Crippen LogP contribution in [0.15, 0.2) is 24.3 Å². The third-order valence-corrected chi connectivity index (χ3v) is 2.82. The predicted molar refractivity (Wildman–Crippen MR) is 80.6 cm³/mol. The van der Waals surface area contributed by atoms with Crippen molar-refractivity contribution in [2.75, 3.05) is 6.61 Å². The zero-order valence-corrected chi connectivity index (χ0v) is 13.2. The van der Waals surface area contributed by atoms with Gasteiger partial charge in [0, 0.05) is 6.92 Å². The van der Waals surface area contributed by atoms with Gasteiger partial charge >= 0.3 is 0 Å². The summed E-state index contributed by atoms with van der Waals surface area (Å²) in [6.45, 7) is 4.48. The Morgan fingerprint density at radius 2 is 1.74 bits per heavy atom. The third-order valence-electron chi connectivity index (χ3n) is 2.82. The largest absolute Gasteiger partial charge is 0.484 e. The van der Waals surface area contributed by atoms with Crippen molar-refractivity contribution in [2.24, 2.45) is 5.92 Å². The van der Waals surface area contributed by atoms with E-state index in [1.54, 1.807) is 13.8 Å². The summed E-state index contributed by atoms with van der Waals surface area (Å²) >= 11 is 0. The van der Waals surface area contributed by atoms with Gasteiger partial charge in [0.2, 0.25) is 5.91 Å². The van der Waals surface area contributed by atoms with E-state index in [4.69, 9.17) is 4.74 Å². The molecule has 8 heteroatoms. The Balaban J connectivity index is 2.40. The summed E-state index contributed by atoms with van der Waals surface area (Å²) in [5, 5.41) is 2.50. The van der Waals surface area contributed by atoms with Crippen molar-refractivity contribution in [3.05, 3.63) is 30.1 Å². The molecule has 3 N–H and O–H groups in total. The number of amides is 3. The first kappa shape index (κ1) is 18.4. The van der Waals surface area contributed by atoms with Gasteiger partial charge in [-0.25, -0.2) is 4.39 Å². The minimum absolute atomic E-state index is 0.147. The normalized spacial score (nSPS) is 11.5. The molecule has 1 aromatic rings. The molecule has 1 atom stereocenters. The molecular formula is C15H20FN3O4. The molecule has 1 aromatic carbocycles. The van der Waals surface area contributed by atoms with E-state index in [0.29, 0.717) is 5.75 Å². The molecule has 1 rings (SSSR count). The van der Waals surface area contributed by atoms with E-state index >= 15 is 0 Å². The first-order chi connectivity index (χ1) is 10.8. The van der Waals surface area contributed by atoms with E-state index in [9.17, 15) is 18.8 Å². The number of ether oxygens (including phenoxy) is 1. The summed E-state index contributed by atoms with van der Waals surface area (Å²) in [5.41, 5.74) is 4.41. The first-order valence-corrected chi connectivity index (χ1v) is 7.03. The van der Waals surface area contributed by atoms with Gasteiger partial charge in [-0.3, -0.25) is 25.2 Å². The van der Waals surface area contributed by atoms with Crippen molar-refractivity contribution in [3.8, 4) is 5.75 Å². The molecule has 0 aliphatic carbocycles. The number of rotatable bonds is 6. The molecular weight excluding hydrogens is 305 g/mol. The van der Waals surface area contributed by atoms with Crippen molar-refractivity contribution in [2.45, 2.75) is 26.8 Å². The molecule has 126 valence electrons.